The highest BCUT2D eigenvalue weighted by molar-refractivity contribution is 5.92. The van der Waals surface area contributed by atoms with Crippen molar-refractivity contribution in [2.75, 3.05) is 13.1 Å². The van der Waals surface area contributed by atoms with Gasteiger partial charge in [0, 0.05) is 37.8 Å². The molecule has 0 saturated heterocycles. The van der Waals surface area contributed by atoms with Crippen molar-refractivity contribution in [3.8, 4) is 0 Å². The van der Waals surface area contributed by atoms with E-state index in [2.05, 4.69) is 11.9 Å². The molecule has 5 N–H and O–H groups in total. The van der Waals surface area contributed by atoms with Crippen molar-refractivity contribution in [1.82, 2.24) is 5.32 Å². The molecule has 0 heterocycles. The molecule has 314 valence electrons. The molecule has 1 amide bonds. The molecule has 0 aromatic heterocycles. The largest absolute Gasteiger partial charge is 0.390 e. The molecule has 53 heavy (non-hydrogen) atoms. The second-order valence-electron chi connectivity index (χ2n) is 16.0. The molecule has 0 unspecified atom stereocenters. The van der Waals surface area contributed by atoms with E-state index in [1.807, 2.05) is 27.7 Å². The number of amides is 1. The van der Waals surface area contributed by atoms with Crippen LogP contribution in [0.25, 0.3) is 0 Å². The van der Waals surface area contributed by atoms with Gasteiger partial charge in [-0.1, -0.05) is 150 Å². The van der Waals surface area contributed by atoms with Gasteiger partial charge in [0.2, 0.25) is 5.91 Å². The lowest BCUT2D eigenvalue weighted by molar-refractivity contribution is -0.121. The van der Waals surface area contributed by atoms with Crippen LogP contribution in [0.2, 0.25) is 0 Å². The first-order chi connectivity index (χ1) is 25.4. The highest BCUT2D eigenvalue weighted by atomic mass is 16.3. The Balaban J connectivity index is 0. The number of aliphatic hydroxyl groups is 2. The lowest BCUT2D eigenvalue weighted by Crippen LogP contribution is -2.27. The fourth-order valence-corrected chi connectivity index (χ4v) is 6.65. The Hall–Kier alpha value is -1.57. The first-order valence-electron chi connectivity index (χ1n) is 22.5. The van der Waals surface area contributed by atoms with Crippen molar-refractivity contribution in [2.24, 2.45) is 5.73 Å². The number of rotatable bonds is 38. The van der Waals surface area contributed by atoms with Crippen molar-refractivity contribution in [1.29, 1.82) is 0 Å². The van der Waals surface area contributed by atoms with Crippen LogP contribution in [0.4, 0.5) is 0 Å². The van der Waals surface area contributed by atoms with Crippen molar-refractivity contribution < 1.29 is 24.6 Å². The van der Waals surface area contributed by atoms with Gasteiger partial charge in [0.25, 0.3) is 0 Å². The van der Waals surface area contributed by atoms with E-state index in [0.29, 0.717) is 55.7 Å². The second-order valence-corrected chi connectivity index (χ2v) is 16.0. The molecule has 0 fully saturated rings. The van der Waals surface area contributed by atoms with Gasteiger partial charge < -0.3 is 21.3 Å². The normalized spacial score (nSPS) is 11.6. The van der Waals surface area contributed by atoms with Gasteiger partial charge in [-0.25, -0.2) is 0 Å². The van der Waals surface area contributed by atoms with Gasteiger partial charge in [-0.05, 0) is 77.7 Å². The number of unbranched alkanes of at least 4 members (excludes halogenated alkanes) is 20. The summed E-state index contributed by atoms with van der Waals surface area (Å²) in [4.78, 5) is 35.2. The van der Waals surface area contributed by atoms with Crippen molar-refractivity contribution in [2.45, 2.75) is 251 Å². The third kappa shape index (κ3) is 35.9. The minimum absolute atomic E-state index is 0.0328. The van der Waals surface area contributed by atoms with Crippen LogP contribution in [-0.4, -0.2) is 52.0 Å². The van der Waals surface area contributed by atoms with Crippen LogP contribution in [0.5, 0.6) is 0 Å². The zero-order valence-electron chi connectivity index (χ0n) is 35.9. The van der Waals surface area contributed by atoms with Crippen molar-refractivity contribution >= 4 is 17.5 Å². The summed E-state index contributed by atoms with van der Waals surface area (Å²) in [6.07, 6.45) is 33.9. The minimum atomic E-state index is -0.643. The van der Waals surface area contributed by atoms with Gasteiger partial charge in [0.05, 0.1) is 11.2 Å². The van der Waals surface area contributed by atoms with Crippen LogP contribution in [0.3, 0.4) is 0 Å². The lowest BCUT2D eigenvalue weighted by Gasteiger charge is -2.24. The molecule has 7 nitrogen and oxygen atoms in total. The molecule has 0 atom stereocenters. The zero-order valence-corrected chi connectivity index (χ0v) is 35.9. The first-order valence-corrected chi connectivity index (χ1v) is 22.5. The number of Topliss-reactive ketones (excluding diaryl/α,β-unsaturated/α-hetero) is 2. The van der Waals surface area contributed by atoms with E-state index >= 15 is 0 Å². The van der Waals surface area contributed by atoms with Crippen LogP contribution in [0, 0.1) is 0 Å². The Morgan fingerprint density at radius 1 is 0.491 bits per heavy atom. The topological polar surface area (TPSA) is 130 Å². The predicted molar refractivity (Wildman–Crippen MR) is 227 cm³/mol. The van der Waals surface area contributed by atoms with E-state index in [-0.39, 0.29) is 5.91 Å². The zero-order chi connectivity index (χ0) is 40.1. The average Bonchev–Trinajstić information content (AvgIpc) is 3.16. The molecule has 0 aromatic rings. The SMILES string of the molecule is C=C(C)C(=O)NCCCCCCCCCCCCCC(=O)CCC(O)(CC)CC.CCC(O)(CC)CCC(=O)CCCCCCCCCCCCCN. The second kappa shape index (κ2) is 37.4. The van der Waals surface area contributed by atoms with E-state index in [0.717, 1.165) is 64.5 Å². The molecule has 7 heteroatoms. The van der Waals surface area contributed by atoms with Crippen LogP contribution < -0.4 is 11.1 Å². The Morgan fingerprint density at radius 3 is 1.06 bits per heavy atom. The van der Waals surface area contributed by atoms with Crippen LogP contribution in [0.15, 0.2) is 12.2 Å². The van der Waals surface area contributed by atoms with E-state index in [1.165, 1.54) is 116 Å². The Labute approximate surface area is 328 Å². The summed E-state index contributed by atoms with van der Waals surface area (Å²) in [5.41, 5.74) is 4.79. The predicted octanol–water partition coefficient (Wildman–Crippen LogP) is 11.8. The van der Waals surface area contributed by atoms with Crippen LogP contribution in [0.1, 0.15) is 240 Å². The van der Waals surface area contributed by atoms with Gasteiger partial charge in [-0.3, -0.25) is 14.4 Å². The van der Waals surface area contributed by atoms with Crippen LogP contribution in [-0.2, 0) is 14.4 Å². The maximum Gasteiger partial charge on any atom is 0.246 e. The highest BCUT2D eigenvalue weighted by Crippen LogP contribution is 2.23. The standard InChI is InChI=1S/C25H47NO3.C21H43NO2/c1-5-25(29,6-2)20-19-23(27)18-16-14-12-10-8-7-9-11-13-15-17-21-26-24(28)22(3)4;1-3-21(24,4-2)18-17-20(23)16-14-12-10-8-6-5-7-9-11-13-15-19-22/h29H,3,5-21H2,1-2,4H3,(H,26,28);24H,3-19,22H2,1-2H3. The molecule has 0 aliphatic rings. The molecule has 0 spiro atoms. The number of nitrogens with one attached hydrogen (secondary N) is 1. The number of hydrogen-bond acceptors (Lipinski definition) is 6. The van der Waals surface area contributed by atoms with Crippen molar-refractivity contribution in [3.05, 3.63) is 12.2 Å². The number of hydrogen-bond donors (Lipinski definition) is 4. The fraction of sp³-hybridized carbons (Fsp3) is 0.891. The maximum atomic E-state index is 12.0. The number of carbonyl (C=O) groups excluding carboxylic acids is 3. The lowest BCUT2D eigenvalue weighted by atomic mass is 9.90. The van der Waals surface area contributed by atoms with Gasteiger partial charge in [0.1, 0.15) is 11.6 Å². The maximum absolute atomic E-state index is 12.0. The summed E-state index contributed by atoms with van der Waals surface area (Å²) >= 11 is 0. The van der Waals surface area contributed by atoms with Crippen LogP contribution >= 0.6 is 0 Å². The molecular weight excluding hydrogens is 661 g/mol. The minimum Gasteiger partial charge on any atom is -0.390 e. The summed E-state index contributed by atoms with van der Waals surface area (Å²) in [5, 5.41) is 23.3. The van der Waals surface area contributed by atoms with E-state index in [1.54, 1.807) is 6.92 Å². The molecule has 0 aliphatic heterocycles. The first kappa shape index (κ1) is 53.5. The van der Waals surface area contributed by atoms with Gasteiger partial charge in [-0.2, -0.15) is 0 Å². The summed E-state index contributed by atoms with van der Waals surface area (Å²) in [5.74, 6) is 0.604. The number of ketones is 2. The Morgan fingerprint density at radius 2 is 0.774 bits per heavy atom. The number of nitrogens with two attached hydrogens (primary N) is 1. The molecule has 0 aliphatic carbocycles. The third-order valence-corrected chi connectivity index (χ3v) is 11.3. The van der Waals surface area contributed by atoms with Gasteiger partial charge >= 0.3 is 0 Å². The molecule has 0 radical (unpaired) electrons. The Kier molecular flexibility index (Phi) is 37.7. The molecule has 0 rings (SSSR count). The van der Waals surface area contributed by atoms with Gasteiger partial charge in [-0.15, -0.1) is 0 Å². The smallest absolute Gasteiger partial charge is 0.246 e. The third-order valence-electron chi connectivity index (χ3n) is 11.3. The molecule has 0 bridgehead atoms. The average molecular weight is 751 g/mol. The Bertz CT molecular complexity index is 881. The van der Waals surface area contributed by atoms with E-state index in [9.17, 15) is 24.6 Å². The number of carbonyl (C=O) groups is 3. The quantitative estimate of drug-likeness (QED) is 0.0367. The molecule has 0 saturated carbocycles. The van der Waals surface area contributed by atoms with Gasteiger partial charge in [0.15, 0.2) is 0 Å². The van der Waals surface area contributed by atoms with Crippen molar-refractivity contribution in [3.63, 3.8) is 0 Å². The monoisotopic (exact) mass is 751 g/mol. The summed E-state index contributed by atoms with van der Waals surface area (Å²) in [6.45, 7) is 14.9. The highest BCUT2D eigenvalue weighted by Gasteiger charge is 2.23. The summed E-state index contributed by atoms with van der Waals surface area (Å²) in [7, 11) is 0. The molecule has 0 aromatic carbocycles. The molecular formula is C46H90N2O5. The summed E-state index contributed by atoms with van der Waals surface area (Å²) < 4.78 is 0. The summed E-state index contributed by atoms with van der Waals surface area (Å²) in [6, 6.07) is 0. The van der Waals surface area contributed by atoms with E-state index < -0.39 is 11.2 Å². The van der Waals surface area contributed by atoms with E-state index in [4.69, 9.17) is 5.73 Å². The fourth-order valence-electron chi connectivity index (χ4n) is 6.65.